The second-order valence-electron chi connectivity index (χ2n) is 6.42. The molecule has 0 bridgehead atoms. The number of amides is 1. The fourth-order valence-electron chi connectivity index (χ4n) is 2.84. The van der Waals surface area contributed by atoms with Crippen LogP contribution in [0.3, 0.4) is 0 Å². The van der Waals surface area contributed by atoms with Gasteiger partial charge in [-0.2, -0.15) is 4.42 Å². The summed E-state index contributed by atoms with van der Waals surface area (Å²) >= 11 is 35.6. The Morgan fingerprint density at radius 1 is 0.969 bits per heavy atom. The van der Waals surface area contributed by atoms with Crippen LogP contribution >= 0.6 is 70.4 Å². The average Bonchev–Trinajstić information content (AvgIpc) is 3.22. The molecule has 4 aromatic rings. The molecule has 0 aliphatic heterocycles. The Bertz CT molecular complexity index is 1360. The van der Waals surface area contributed by atoms with Crippen molar-refractivity contribution in [2.45, 2.75) is 0 Å². The van der Waals surface area contributed by atoms with Crippen LogP contribution in [0.5, 0.6) is 0 Å². The summed E-state index contributed by atoms with van der Waals surface area (Å²) in [4.78, 5) is 12.6. The van der Waals surface area contributed by atoms with Crippen molar-refractivity contribution in [2.75, 3.05) is 5.32 Å². The van der Waals surface area contributed by atoms with E-state index in [-0.39, 0.29) is 15.7 Å². The molecule has 1 aromatic heterocycles. The highest BCUT2D eigenvalue weighted by Gasteiger charge is 2.21. The number of halogens is 5. The minimum Gasteiger partial charge on any atom is -0.331 e. The number of thiocarbonyl (C=S) groups is 1. The molecular weight excluding hydrogens is 536 g/mol. The predicted octanol–water partition coefficient (Wildman–Crippen LogP) is 7.03. The molecule has 1 N–H and O–H groups in total. The lowest BCUT2D eigenvalue weighted by atomic mass is 10.2. The van der Waals surface area contributed by atoms with Gasteiger partial charge in [-0.15, -0.1) is 5.10 Å². The number of hydrogen-bond donors (Lipinski definition) is 1. The summed E-state index contributed by atoms with van der Waals surface area (Å²) in [6.45, 7) is 0. The molecule has 32 heavy (non-hydrogen) atoms. The molecular formula is C20H10Cl5N5OS. The number of fused-ring (bicyclic) bond motifs is 1. The van der Waals surface area contributed by atoms with E-state index in [1.807, 2.05) is 0 Å². The van der Waals surface area contributed by atoms with Crippen molar-refractivity contribution in [3.8, 4) is 5.69 Å². The molecule has 0 aliphatic carbocycles. The molecule has 1 amide bonds. The van der Waals surface area contributed by atoms with Gasteiger partial charge in [0.15, 0.2) is 5.11 Å². The van der Waals surface area contributed by atoms with Crippen molar-refractivity contribution in [3.05, 3.63) is 80.3 Å². The first-order chi connectivity index (χ1) is 15.3. The fourth-order valence-corrected chi connectivity index (χ4v) is 3.90. The van der Waals surface area contributed by atoms with E-state index < -0.39 is 5.91 Å². The maximum absolute atomic E-state index is 12.6. The topological polar surface area (TPSA) is 63.1 Å². The molecule has 0 saturated carbocycles. The van der Waals surface area contributed by atoms with E-state index in [1.54, 1.807) is 47.1 Å². The first kappa shape index (κ1) is 23.0. The number of rotatable bonds is 3. The maximum Gasteiger partial charge on any atom is 0.276 e. The molecule has 0 aliphatic rings. The third-order valence-corrected chi connectivity index (χ3v) is 6.46. The van der Waals surface area contributed by atoms with Gasteiger partial charge in [0.1, 0.15) is 5.52 Å². The zero-order valence-corrected chi connectivity index (χ0v) is 20.3. The van der Waals surface area contributed by atoms with Gasteiger partial charge in [-0.25, -0.2) is 4.68 Å². The van der Waals surface area contributed by atoms with E-state index in [0.717, 1.165) is 10.1 Å². The van der Waals surface area contributed by atoms with Gasteiger partial charge in [0.25, 0.3) is 5.91 Å². The predicted molar refractivity (Wildman–Crippen MR) is 134 cm³/mol. The minimum atomic E-state index is -0.613. The maximum atomic E-state index is 12.6. The summed E-state index contributed by atoms with van der Waals surface area (Å²) in [7, 11) is 0. The first-order valence-electron chi connectivity index (χ1n) is 8.82. The molecule has 1 heterocycles. The van der Waals surface area contributed by atoms with Crippen molar-refractivity contribution in [1.82, 2.24) is 19.4 Å². The van der Waals surface area contributed by atoms with Gasteiger partial charge in [-0.05, 0) is 66.8 Å². The Morgan fingerprint density at radius 3 is 2.38 bits per heavy atom. The lowest BCUT2D eigenvalue weighted by Crippen LogP contribution is -2.32. The Balaban J connectivity index is 1.51. The number of carbonyl (C=O) groups is 1. The van der Waals surface area contributed by atoms with Crippen LogP contribution in [0, 0.1) is 0 Å². The molecule has 0 atom stereocenters. The molecule has 0 unspecified atom stereocenters. The third-order valence-electron chi connectivity index (χ3n) is 4.39. The summed E-state index contributed by atoms with van der Waals surface area (Å²) in [6.07, 6.45) is 0. The molecule has 6 nitrogen and oxygen atoms in total. The van der Waals surface area contributed by atoms with Crippen LogP contribution in [-0.2, 0) is 0 Å². The van der Waals surface area contributed by atoms with E-state index in [0.29, 0.717) is 31.8 Å². The van der Waals surface area contributed by atoms with Gasteiger partial charge in [-0.1, -0.05) is 51.6 Å². The quantitative estimate of drug-likeness (QED) is 0.221. The standard InChI is InChI=1S/C20H10Cl5N5OS/c21-10-1-6-14(22)13(9-10)19(31)29(25)20(32)26-11-2-4-12(5-3-11)30-16-8-7-15(23)17(24)18(16)27-28-30/h1-9H,(H,26,32). The molecule has 0 fully saturated rings. The second-order valence-corrected chi connectivity index (χ2v) is 8.77. The third kappa shape index (κ3) is 4.50. The second kappa shape index (κ2) is 9.39. The molecule has 3 aromatic carbocycles. The highest BCUT2D eigenvalue weighted by molar-refractivity contribution is 7.80. The molecule has 0 spiro atoms. The van der Waals surface area contributed by atoms with Crippen LogP contribution in [0.15, 0.2) is 54.6 Å². The van der Waals surface area contributed by atoms with E-state index in [4.69, 9.17) is 70.4 Å². The largest absolute Gasteiger partial charge is 0.331 e. The number of benzene rings is 3. The molecule has 12 heteroatoms. The monoisotopic (exact) mass is 543 g/mol. The van der Waals surface area contributed by atoms with Crippen LogP contribution in [0.4, 0.5) is 5.69 Å². The van der Waals surface area contributed by atoms with Gasteiger partial charge in [0.05, 0.1) is 31.8 Å². The van der Waals surface area contributed by atoms with E-state index in [9.17, 15) is 4.79 Å². The highest BCUT2D eigenvalue weighted by atomic mass is 35.5. The average molecular weight is 546 g/mol. The normalized spacial score (nSPS) is 10.9. The SMILES string of the molecule is O=C(c1cc(Cl)ccc1Cl)N(Cl)C(=S)Nc1ccc(-n2nnc3c(Cl)c(Cl)ccc32)cc1. The smallest absolute Gasteiger partial charge is 0.276 e. The first-order valence-corrected chi connectivity index (χ1v) is 11.1. The van der Waals surface area contributed by atoms with Gasteiger partial charge in [0.2, 0.25) is 0 Å². The Hall–Kier alpha value is -2.13. The number of nitrogens with zero attached hydrogens (tertiary/aromatic N) is 4. The minimum absolute atomic E-state index is 0.0342. The molecule has 0 saturated heterocycles. The van der Waals surface area contributed by atoms with E-state index in [1.165, 1.54) is 12.1 Å². The van der Waals surface area contributed by atoms with E-state index >= 15 is 0 Å². The Morgan fingerprint density at radius 2 is 1.66 bits per heavy atom. The number of aromatic nitrogens is 3. The summed E-state index contributed by atoms with van der Waals surface area (Å²) < 4.78 is 2.38. The van der Waals surface area contributed by atoms with Crippen molar-refractivity contribution in [3.63, 3.8) is 0 Å². The van der Waals surface area contributed by atoms with Crippen molar-refractivity contribution < 1.29 is 4.79 Å². The fraction of sp³-hybridized carbons (Fsp3) is 0. The summed E-state index contributed by atoms with van der Waals surface area (Å²) in [5.41, 5.74) is 2.65. The highest BCUT2D eigenvalue weighted by Crippen LogP contribution is 2.30. The number of hydrogen-bond acceptors (Lipinski definition) is 4. The lowest BCUT2D eigenvalue weighted by Gasteiger charge is -2.17. The van der Waals surface area contributed by atoms with Crippen molar-refractivity contribution in [2.24, 2.45) is 0 Å². The van der Waals surface area contributed by atoms with Crippen molar-refractivity contribution in [1.29, 1.82) is 0 Å². The van der Waals surface area contributed by atoms with Crippen LogP contribution in [0.2, 0.25) is 20.1 Å². The zero-order valence-electron chi connectivity index (χ0n) is 15.7. The van der Waals surface area contributed by atoms with Gasteiger partial charge < -0.3 is 5.32 Å². The summed E-state index contributed by atoms with van der Waals surface area (Å²) in [5.74, 6) is -0.613. The molecule has 162 valence electrons. The van der Waals surface area contributed by atoms with Crippen LogP contribution in [0.25, 0.3) is 16.7 Å². The number of nitrogens with one attached hydrogen (secondary N) is 1. The van der Waals surface area contributed by atoms with Crippen LogP contribution < -0.4 is 5.32 Å². The zero-order chi connectivity index (χ0) is 23.0. The van der Waals surface area contributed by atoms with Gasteiger partial charge in [-0.3, -0.25) is 4.79 Å². The summed E-state index contributed by atoms with van der Waals surface area (Å²) in [6, 6.07) is 15.0. The number of carbonyl (C=O) groups excluding carboxylic acids is 1. The van der Waals surface area contributed by atoms with Gasteiger partial charge >= 0.3 is 0 Å². The van der Waals surface area contributed by atoms with Crippen molar-refractivity contribution >= 4 is 98.1 Å². The Kier molecular flexibility index (Phi) is 6.76. The molecule has 4 rings (SSSR count). The molecule has 0 radical (unpaired) electrons. The van der Waals surface area contributed by atoms with E-state index in [2.05, 4.69) is 15.6 Å². The van der Waals surface area contributed by atoms with Crippen LogP contribution in [0.1, 0.15) is 10.4 Å². The Labute approximate surface area is 212 Å². The summed E-state index contributed by atoms with van der Waals surface area (Å²) in [5, 5.41) is 12.4. The lowest BCUT2D eigenvalue weighted by molar-refractivity contribution is 0.0916. The van der Waals surface area contributed by atoms with Gasteiger partial charge in [0, 0.05) is 22.5 Å². The van der Waals surface area contributed by atoms with Crippen LogP contribution in [-0.4, -0.2) is 30.4 Å². The number of anilines is 1.